The number of rotatable bonds is 8. The molecular formula is C23H28N4O4. The van der Waals surface area contributed by atoms with Gasteiger partial charge in [-0.05, 0) is 42.7 Å². The van der Waals surface area contributed by atoms with E-state index in [1.807, 2.05) is 30.3 Å². The highest BCUT2D eigenvalue weighted by Gasteiger charge is 2.57. The van der Waals surface area contributed by atoms with Crippen molar-refractivity contribution < 1.29 is 18.7 Å². The summed E-state index contributed by atoms with van der Waals surface area (Å²) in [6, 6.07) is 7.23. The summed E-state index contributed by atoms with van der Waals surface area (Å²) in [5.41, 5.74) is 0.0485. The Morgan fingerprint density at radius 2 is 2.06 bits per heavy atom. The van der Waals surface area contributed by atoms with Gasteiger partial charge in [-0.2, -0.15) is 0 Å². The van der Waals surface area contributed by atoms with Crippen LogP contribution in [0.3, 0.4) is 0 Å². The molecule has 0 N–H and O–H groups in total. The zero-order chi connectivity index (χ0) is 21.7. The number of pyridine rings is 1. The normalized spacial score (nSPS) is 19.3. The average molecular weight is 425 g/mol. The van der Waals surface area contributed by atoms with Crippen LogP contribution in [0.2, 0.25) is 0 Å². The molecule has 2 aliphatic rings. The second kappa shape index (κ2) is 9.45. The first-order chi connectivity index (χ1) is 15.1. The Labute approximate surface area is 182 Å². The number of furan rings is 1. The molecule has 0 unspecified atom stereocenters. The Hall–Kier alpha value is -2.97. The number of hydrogen-bond donors (Lipinski definition) is 0. The zero-order valence-corrected chi connectivity index (χ0v) is 17.8. The minimum atomic E-state index is -0.793. The fraction of sp³-hybridized carbons (Fsp3) is 0.435. The number of methoxy groups -OCH3 is 1. The molecule has 0 aromatic carbocycles. The molecule has 0 radical (unpaired) electrons. The molecule has 0 aliphatic carbocycles. The van der Waals surface area contributed by atoms with Crippen molar-refractivity contribution in [1.29, 1.82) is 0 Å². The van der Waals surface area contributed by atoms with Gasteiger partial charge in [0, 0.05) is 45.7 Å². The van der Waals surface area contributed by atoms with Gasteiger partial charge in [0.1, 0.15) is 11.3 Å². The Kier molecular flexibility index (Phi) is 6.48. The highest BCUT2D eigenvalue weighted by Crippen LogP contribution is 2.37. The van der Waals surface area contributed by atoms with E-state index in [9.17, 15) is 9.59 Å². The molecule has 0 atom stereocenters. The fourth-order valence-corrected chi connectivity index (χ4v) is 4.38. The van der Waals surface area contributed by atoms with Gasteiger partial charge in [0.05, 0.1) is 19.4 Å². The third-order valence-corrected chi connectivity index (χ3v) is 6.08. The van der Waals surface area contributed by atoms with E-state index in [-0.39, 0.29) is 18.5 Å². The maximum absolute atomic E-state index is 13.5. The summed E-state index contributed by atoms with van der Waals surface area (Å²) in [6.07, 6.45) is 10.3. The number of urea groups is 1. The third kappa shape index (κ3) is 4.40. The first kappa shape index (κ1) is 21.3. The summed E-state index contributed by atoms with van der Waals surface area (Å²) in [6.45, 7) is 3.31. The summed E-state index contributed by atoms with van der Waals surface area (Å²) in [4.78, 5) is 36.2. The van der Waals surface area contributed by atoms with Gasteiger partial charge in [-0.25, -0.2) is 4.79 Å². The van der Waals surface area contributed by atoms with Crippen LogP contribution < -0.4 is 0 Å². The summed E-state index contributed by atoms with van der Waals surface area (Å²) in [5, 5.41) is 0. The van der Waals surface area contributed by atoms with Gasteiger partial charge in [-0.3, -0.25) is 19.6 Å². The lowest BCUT2D eigenvalue weighted by molar-refractivity contribution is -0.136. The molecule has 1 spiro atoms. The molecule has 2 aliphatic heterocycles. The summed E-state index contributed by atoms with van der Waals surface area (Å²) in [5.74, 6) is 0.713. The maximum Gasteiger partial charge on any atom is 0.328 e. The van der Waals surface area contributed by atoms with Crippen molar-refractivity contribution in [1.82, 2.24) is 19.7 Å². The predicted octanol–water partition coefficient (Wildman–Crippen LogP) is 2.63. The van der Waals surface area contributed by atoms with Crippen LogP contribution in [-0.4, -0.2) is 77.1 Å². The Morgan fingerprint density at radius 3 is 2.74 bits per heavy atom. The summed E-state index contributed by atoms with van der Waals surface area (Å²) >= 11 is 0. The van der Waals surface area contributed by atoms with Crippen LogP contribution in [0.1, 0.15) is 24.2 Å². The molecule has 164 valence electrons. The number of carbonyl (C=O) groups excluding carboxylic acids is 2. The number of amides is 3. The Balaban J connectivity index is 1.45. The monoisotopic (exact) mass is 424 g/mol. The lowest BCUT2D eigenvalue weighted by Crippen LogP contribution is -2.57. The van der Waals surface area contributed by atoms with Crippen LogP contribution in [0.15, 0.2) is 53.4 Å². The van der Waals surface area contributed by atoms with Crippen LogP contribution in [0.4, 0.5) is 4.79 Å². The van der Waals surface area contributed by atoms with Crippen molar-refractivity contribution in [2.24, 2.45) is 0 Å². The van der Waals surface area contributed by atoms with Gasteiger partial charge < -0.3 is 14.1 Å². The van der Waals surface area contributed by atoms with Gasteiger partial charge in [-0.1, -0.05) is 12.1 Å². The number of nitrogens with zero attached hydrogens (tertiary/aromatic N) is 4. The van der Waals surface area contributed by atoms with Crippen LogP contribution in [0.5, 0.6) is 0 Å². The molecule has 4 heterocycles. The first-order valence-corrected chi connectivity index (χ1v) is 10.6. The van der Waals surface area contributed by atoms with Crippen molar-refractivity contribution >= 4 is 18.0 Å². The summed E-state index contributed by atoms with van der Waals surface area (Å²) < 4.78 is 10.5. The topological polar surface area (TPSA) is 79.1 Å². The van der Waals surface area contributed by atoms with Gasteiger partial charge in [0.15, 0.2) is 0 Å². The second-order valence-corrected chi connectivity index (χ2v) is 7.93. The van der Waals surface area contributed by atoms with Crippen molar-refractivity contribution in [2.75, 3.05) is 39.9 Å². The van der Waals surface area contributed by atoms with E-state index in [0.717, 1.165) is 31.0 Å². The van der Waals surface area contributed by atoms with Crippen LogP contribution >= 0.6 is 0 Å². The Bertz CT molecular complexity index is 905. The summed E-state index contributed by atoms with van der Waals surface area (Å²) in [7, 11) is 1.61. The smallest absolute Gasteiger partial charge is 0.328 e. The largest absolute Gasteiger partial charge is 0.465 e. The lowest BCUT2D eigenvalue weighted by Gasteiger charge is -2.42. The molecule has 2 aromatic rings. The molecule has 2 aromatic heterocycles. The minimum absolute atomic E-state index is 0.108. The number of imide groups is 1. The van der Waals surface area contributed by atoms with Gasteiger partial charge in [0.25, 0.3) is 5.91 Å². The average Bonchev–Trinajstić information content (AvgIpc) is 3.37. The van der Waals surface area contributed by atoms with Crippen molar-refractivity contribution in [2.45, 2.75) is 24.9 Å². The quantitative estimate of drug-likeness (QED) is 0.606. The number of likely N-dealkylation sites (tertiary alicyclic amines) is 1. The highest BCUT2D eigenvalue weighted by atomic mass is 16.5. The molecule has 0 bridgehead atoms. The third-order valence-electron chi connectivity index (χ3n) is 6.08. The molecule has 31 heavy (non-hydrogen) atoms. The van der Waals surface area contributed by atoms with E-state index in [4.69, 9.17) is 9.15 Å². The number of ether oxygens (including phenoxy) is 1. The van der Waals surface area contributed by atoms with E-state index in [2.05, 4.69) is 16.0 Å². The molecule has 2 fully saturated rings. The molecular weight excluding hydrogens is 396 g/mol. The molecule has 4 rings (SSSR count). The van der Waals surface area contributed by atoms with E-state index in [1.54, 1.807) is 30.7 Å². The van der Waals surface area contributed by atoms with Crippen LogP contribution in [-0.2, 0) is 16.1 Å². The number of hydrogen-bond acceptors (Lipinski definition) is 6. The predicted molar refractivity (Wildman–Crippen MR) is 115 cm³/mol. The van der Waals surface area contributed by atoms with Crippen LogP contribution in [0.25, 0.3) is 6.08 Å². The fourth-order valence-electron chi connectivity index (χ4n) is 4.38. The van der Waals surface area contributed by atoms with E-state index in [0.29, 0.717) is 26.0 Å². The molecule has 0 saturated carbocycles. The highest BCUT2D eigenvalue weighted by molar-refractivity contribution is 6.07. The number of aromatic nitrogens is 1. The van der Waals surface area contributed by atoms with E-state index in [1.165, 1.54) is 4.90 Å². The van der Waals surface area contributed by atoms with Gasteiger partial charge >= 0.3 is 6.03 Å². The zero-order valence-electron chi connectivity index (χ0n) is 17.8. The van der Waals surface area contributed by atoms with Crippen molar-refractivity contribution in [3.05, 3.63) is 60.3 Å². The van der Waals surface area contributed by atoms with Crippen LogP contribution in [0, 0.1) is 0 Å². The van der Waals surface area contributed by atoms with Gasteiger partial charge in [-0.15, -0.1) is 0 Å². The standard InChI is InChI=1S/C23H28N4O4/c1-30-16-14-27-22(29)26(18-19-5-2-10-24-17-19)21(28)23(27)8-12-25(13-9-23)11-3-6-20-7-4-15-31-20/h2-7,10,15,17H,8-9,11-14,16,18H2,1H3. The second-order valence-electron chi connectivity index (χ2n) is 7.93. The van der Waals surface area contributed by atoms with Gasteiger partial charge in [0.2, 0.25) is 0 Å². The minimum Gasteiger partial charge on any atom is -0.465 e. The number of piperidine rings is 1. The van der Waals surface area contributed by atoms with E-state index < -0.39 is 5.54 Å². The van der Waals surface area contributed by atoms with Crippen molar-refractivity contribution in [3.8, 4) is 0 Å². The molecule has 3 amide bonds. The molecule has 8 heteroatoms. The van der Waals surface area contributed by atoms with E-state index >= 15 is 0 Å². The Morgan fingerprint density at radius 1 is 1.23 bits per heavy atom. The lowest BCUT2D eigenvalue weighted by atomic mass is 9.85. The number of carbonyl (C=O) groups is 2. The molecule has 8 nitrogen and oxygen atoms in total. The SMILES string of the molecule is COCCN1C(=O)N(Cc2cccnc2)C(=O)C12CCN(CC=Cc1ccco1)CC2. The first-order valence-electron chi connectivity index (χ1n) is 10.6. The van der Waals surface area contributed by atoms with Crippen molar-refractivity contribution in [3.63, 3.8) is 0 Å². The maximum atomic E-state index is 13.5. The molecule has 2 saturated heterocycles.